The summed E-state index contributed by atoms with van der Waals surface area (Å²) in [6.45, 7) is 1.79. The fraction of sp³-hybridized carbons (Fsp3) is 0.263. The molecule has 1 unspecified atom stereocenters. The molecule has 0 saturated heterocycles. The molecule has 1 aliphatic carbocycles. The minimum Gasteiger partial charge on any atom is -0.366 e. The van der Waals surface area contributed by atoms with Crippen LogP contribution in [0.3, 0.4) is 0 Å². The van der Waals surface area contributed by atoms with Gasteiger partial charge < -0.3 is 10.6 Å². The fourth-order valence-electron chi connectivity index (χ4n) is 3.21. The van der Waals surface area contributed by atoms with Crippen molar-refractivity contribution in [3.8, 4) is 0 Å². The van der Waals surface area contributed by atoms with Gasteiger partial charge in [0.05, 0.1) is 5.41 Å². The Balaban J connectivity index is 1.79. The first kappa shape index (κ1) is 17.1. The van der Waals surface area contributed by atoms with Gasteiger partial charge in [0, 0.05) is 24.4 Å². The molecule has 25 heavy (non-hydrogen) atoms. The largest absolute Gasteiger partial charge is 0.366 e. The summed E-state index contributed by atoms with van der Waals surface area (Å²) < 4.78 is 26.8. The number of amides is 2. The second-order valence-corrected chi connectivity index (χ2v) is 6.65. The number of benzene rings is 2. The van der Waals surface area contributed by atoms with E-state index < -0.39 is 23.0 Å². The molecule has 0 bridgehead atoms. The van der Waals surface area contributed by atoms with Crippen LogP contribution < -0.4 is 10.6 Å². The van der Waals surface area contributed by atoms with Gasteiger partial charge in [-0.1, -0.05) is 6.92 Å². The fourth-order valence-corrected chi connectivity index (χ4v) is 3.21. The van der Waals surface area contributed by atoms with Gasteiger partial charge in [0.2, 0.25) is 11.8 Å². The standard InChI is InChI=1S/C19H18F2N2O2/c1-19(10-16(19)12-7-13(20)9-14(21)8-12)18(25)23(2)15-5-3-11(4-6-15)17(22)24/h3-9,16H,10H2,1-2H3,(H2,22,24)/t16-,19?/m1/s1. The molecule has 130 valence electrons. The van der Waals surface area contributed by atoms with Gasteiger partial charge in [0.1, 0.15) is 11.6 Å². The Morgan fingerprint density at radius 1 is 1.12 bits per heavy atom. The topological polar surface area (TPSA) is 63.4 Å². The van der Waals surface area contributed by atoms with Crippen LogP contribution in [0, 0.1) is 17.0 Å². The van der Waals surface area contributed by atoms with Crippen LogP contribution in [0.5, 0.6) is 0 Å². The molecule has 4 nitrogen and oxygen atoms in total. The third kappa shape index (κ3) is 3.12. The van der Waals surface area contributed by atoms with E-state index in [0.29, 0.717) is 23.2 Å². The highest BCUT2D eigenvalue weighted by Gasteiger charge is 2.57. The normalized spacial score (nSPS) is 21.7. The molecule has 6 heteroatoms. The summed E-state index contributed by atoms with van der Waals surface area (Å²) in [6.07, 6.45) is 0.526. The van der Waals surface area contributed by atoms with Crippen molar-refractivity contribution in [2.24, 2.45) is 11.1 Å². The van der Waals surface area contributed by atoms with Crippen molar-refractivity contribution >= 4 is 17.5 Å². The van der Waals surface area contributed by atoms with Crippen LogP contribution in [0.15, 0.2) is 42.5 Å². The molecule has 0 heterocycles. The van der Waals surface area contributed by atoms with E-state index in [1.54, 1.807) is 38.2 Å². The molecule has 2 amide bonds. The molecule has 2 aromatic carbocycles. The summed E-state index contributed by atoms with van der Waals surface area (Å²) in [6, 6.07) is 9.74. The van der Waals surface area contributed by atoms with Gasteiger partial charge in [-0.25, -0.2) is 8.78 Å². The van der Waals surface area contributed by atoms with Crippen LogP contribution in [0.2, 0.25) is 0 Å². The first-order valence-electron chi connectivity index (χ1n) is 7.86. The summed E-state index contributed by atoms with van der Waals surface area (Å²) in [5.41, 5.74) is 5.96. The monoisotopic (exact) mass is 344 g/mol. The number of anilines is 1. The number of nitrogens with zero attached hydrogens (tertiary/aromatic N) is 1. The maximum absolute atomic E-state index is 13.4. The van der Waals surface area contributed by atoms with E-state index in [9.17, 15) is 18.4 Å². The van der Waals surface area contributed by atoms with Crippen molar-refractivity contribution in [2.75, 3.05) is 11.9 Å². The summed E-state index contributed by atoms with van der Waals surface area (Å²) in [7, 11) is 1.63. The number of primary amides is 1. The van der Waals surface area contributed by atoms with E-state index in [1.807, 2.05) is 0 Å². The highest BCUT2D eigenvalue weighted by molar-refractivity contribution is 6.00. The lowest BCUT2D eigenvalue weighted by Gasteiger charge is -2.22. The molecular weight excluding hydrogens is 326 g/mol. The lowest BCUT2D eigenvalue weighted by Crippen LogP contribution is -2.33. The highest BCUT2D eigenvalue weighted by atomic mass is 19.1. The summed E-state index contributed by atoms with van der Waals surface area (Å²) in [5, 5.41) is 0. The number of carbonyl (C=O) groups is 2. The highest BCUT2D eigenvalue weighted by Crippen LogP contribution is 2.60. The van der Waals surface area contributed by atoms with Crippen LogP contribution in [0.1, 0.15) is 35.2 Å². The van der Waals surface area contributed by atoms with E-state index in [-0.39, 0.29) is 11.8 Å². The minimum absolute atomic E-state index is 0.144. The lowest BCUT2D eigenvalue weighted by molar-refractivity contribution is -0.123. The Morgan fingerprint density at radius 2 is 1.68 bits per heavy atom. The number of hydrogen-bond acceptors (Lipinski definition) is 2. The average Bonchev–Trinajstić information content (AvgIpc) is 3.26. The van der Waals surface area contributed by atoms with Gasteiger partial charge >= 0.3 is 0 Å². The van der Waals surface area contributed by atoms with E-state index in [0.717, 1.165) is 6.07 Å². The first-order valence-corrected chi connectivity index (χ1v) is 7.86. The van der Waals surface area contributed by atoms with Crippen molar-refractivity contribution in [1.29, 1.82) is 0 Å². The second-order valence-electron chi connectivity index (χ2n) is 6.65. The number of carbonyl (C=O) groups excluding carboxylic acids is 2. The number of hydrogen-bond donors (Lipinski definition) is 1. The van der Waals surface area contributed by atoms with Crippen LogP contribution in [0.25, 0.3) is 0 Å². The summed E-state index contributed by atoms with van der Waals surface area (Å²) in [5.74, 6) is -2.20. The molecule has 3 rings (SSSR count). The quantitative estimate of drug-likeness (QED) is 0.926. The Kier molecular flexibility index (Phi) is 4.06. The molecule has 2 aromatic rings. The third-order valence-corrected chi connectivity index (χ3v) is 4.86. The molecule has 1 saturated carbocycles. The predicted molar refractivity (Wildman–Crippen MR) is 90.2 cm³/mol. The van der Waals surface area contributed by atoms with Gasteiger partial charge in [-0.05, 0) is 54.3 Å². The van der Waals surface area contributed by atoms with Crippen LogP contribution in [-0.4, -0.2) is 18.9 Å². The van der Waals surface area contributed by atoms with Gasteiger partial charge in [-0.2, -0.15) is 0 Å². The van der Waals surface area contributed by atoms with Crippen molar-refractivity contribution in [2.45, 2.75) is 19.3 Å². The van der Waals surface area contributed by atoms with E-state index >= 15 is 0 Å². The maximum Gasteiger partial charge on any atom is 0.248 e. The van der Waals surface area contributed by atoms with E-state index in [2.05, 4.69) is 0 Å². The van der Waals surface area contributed by atoms with Gasteiger partial charge in [-0.3, -0.25) is 9.59 Å². The predicted octanol–water partition coefficient (Wildman–Crippen LogP) is 3.22. The van der Waals surface area contributed by atoms with Crippen molar-refractivity contribution in [1.82, 2.24) is 0 Å². The molecule has 2 atom stereocenters. The number of halogens is 2. The third-order valence-electron chi connectivity index (χ3n) is 4.86. The Bertz CT molecular complexity index is 831. The molecule has 0 spiro atoms. The smallest absolute Gasteiger partial charge is 0.248 e. The Labute approximate surface area is 144 Å². The zero-order valence-electron chi connectivity index (χ0n) is 13.9. The number of rotatable bonds is 4. The number of nitrogens with two attached hydrogens (primary N) is 1. The SMILES string of the molecule is CN(C(=O)C1(C)C[C@@H]1c1cc(F)cc(F)c1)c1ccc(C(N)=O)cc1. The average molecular weight is 344 g/mol. The summed E-state index contributed by atoms with van der Waals surface area (Å²) >= 11 is 0. The van der Waals surface area contributed by atoms with E-state index in [4.69, 9.17) is 5.73 Å². The molecule has 2 N–H and O–H groups in total. The second kappa shape index (κ2) is 5.95. The Morgan fingerprint density at radius 3 is 2.20 bits per heavy atom. The molecule has 1 fully saturated rings. The minimum atomic E-state index is -0.711. The molecule has 0 radical (unpaired) electrons. The molecule has 1 aliphatic rings. The molecule has 0 aromatic heterocycles. The lowest BCUT2D eigenvalue weighted by atomic mass is 9.99. The zero-order chi connectivity index (χ0) is 18.4. The van der Waals surface area contributed by atoms with Crippen LogP contribution in [-0.2, 0) is 4.79 Å². The van der Waals surface area contributed by atoms with E-state index in [1.165, 1.54) is 17.0 Å². The zero-order valence-corrected chi connectivity index (χ0v) is 13.9. The molecule has 0 aliphatic heterocycles. The van der Waals surface area contributed by atoms with Gasteiger partial charge in [0.25, 0.3) is 0 Å². The van der Waals surface area contributed by atoms with Gasteiger partial charge in [0.15, 0.2) is 0 Å². The van der Waals surface area contributed by atoms with Crippen molar-refractivity contribution < 1.29 is 18.4 Å². The Hall–Kier alpha value is -2.76. The van der Waals surface area contributed by atoms with Gasteiger partial charge in [-0.15, -0.1) is 0 Å². The van der Waals surface area contributed by atoms with Crippen molar-refractivity contribution in [3.05, 3.63) is 65.2 Å². The maximum atomic E-state index is 13.4. The molecular formula is C19H18F2N2O2. The van der Waals surface area contributed by atoms with Crippen LogP contribution in [0.4, 0.5) is 14.5 Å². The first-order chi connectivity index (χ1) is 11.7. The summed E-state index contributed by atoms with van der Waals surface area (Å²) in [4.78, 5) is 25.5. The van der Waals surface area contributed by atoms with Crippen molar-refractivity contribution in [3.63, 3.8) is 0 Å². The van der Waals surface area contributed by atoms with Crippen LogP contribution >= 0.6 is 0 Å².